The van der Waals surface area contributed by atoms with Crippen LogP contribution in [0.15, 0.2) is 24.3 Å². The van der Waals surface area contributed by atoms with E-state index in [-0.39, 0.29) is 5.60 Å². The van der Waals surface area contributed by atoms with E-state index < -0.39 is 0 Å². The van der Waals surface area contributed by atoms with Crippen LogP contribution in [0.25, 0.3) is 0 Å². The molecule has 1 heterocycles. The Kier molecular flexibility index (Phi) is 5.06. The zero-order valence-electron chi connectivity index (χ0n) is 13.1. The van der Waals surface area contributed by atoms with E-state index >= 15 is 0 Å². The van der Waals surface area contributed by atoms with Crippen LogP contribution >= 0.6 is 0 Å². The first-order chi connectivity index (χ1) is 9.48. The average molecular weight is 276 g/mol. The quantitative estimate of drug-likeness (QED) is 0.809. The van der Waals surface area contributed by atoms with E-state index in [0.717, 1.165) is 31.7 Å². The van der Waals surface area contributed by atoms with Gasteiger partial charge in [0.05, 0.1) is 11.7 Å². The number of anilines is 1. The lowest BCUT2D eigenvalue weighted by Gasteiger charge is -2.26. The lowest BCUT2D eigenvalue weighted by atomic mass is 10.1. The summed E-state index contributed by atoms with van der Waals surface area (Å²) in [6.45, 7) is 9.69. The highest BCUT2D eigenvalue weighted by Crippen LogP contribution is 2.30. The van der Waals surface area contributed by atoms with E-state index in [2.05, 4.69) is 37.8 Å². The number of ether oxygens (including phenoxy) is 1. The maximum Gasteiger partial charge on any atom is 0.0710 e. The largest absolute Gasteiger partial charge is 0.399 e. The zero-order chi connectivity index (χ0) is 14.6. The van der Waals surface area contributed by atoms with Crippen LogP contribution in [-0.2, 0) is 11.3 Å². The van der Waals surface area contributed by atoms with Gasteiger partial charge in [-0.05, 0) is 57.4 Å². The Balaban J connectivity index is 1.93. The van der Waals surface area contributed by atoms with Crippen LogP contribution in [0.1, 0.15) is 45.6 Å². The molecule has 1 fully saturated rings. The molecule has 1 aromatic carbocycles. The molecule has 0 aromatic heterocycles. The number of benzene rings is 1. The molecule has 0 radical (unpaired) electrons. The first-order valence-electron chi connectivity index (χ1n) is 7.73. The van der Waals surface area contributed by atoms with Crippen molar-refractivity contribution < 1.29 is 4.74 Å². The number of hydrogen-bond donors (Lipinski definition) is 1. The van der Waals surface area contributed by atoms with Crippen molar-refractivity contribution in [3.63, 3.8) is 0 Å². The monoisotopic (exact) mass is 276 g/mol. The molecule has 1 atom stereocenters. The van der Waals surface area contributed by atoms with Crippen molar-refractivity contribution in [1.29, 1.82) is 0 Å². The van der Waals surface area contributed by atoms with Crippen molar-refractivity contribution in [2.45, 2.75) is 58.3 Å². The first-order valence-corrected chi connectivity index (χ1v) is 7.73. The predicted molar refractivity (Wildman–Crippen MR) is 84.6 cm³/mol. The van der Waals surface area contributed by atoms with Crippen LogP contribution < -0.4 is 5.73 Å². The van der Waals surface area contributed by atoms with Crippen molar-refractivity contribution >= 4 is 5.69 Å². The molecule has 0 amide bonds. The highest BCUT2D eigenvalue weighted by Gasteiger charge is 2.32. The van der Waals surface area contributed by atoms with Crippen molar-refractivity contribution in [3.8, 4) is 0 Å². The lowest BCUT2D eigenvalue weighted by molar-refractivity contribution is -0.0295. The fourth-order valence-corrected chi connectivity index (χ4v) is 2.99. The van der Waals surface area contributed by atoms with Gasteiger partial charge in [0.25, 0.3) is 0 Å². The molecule has 1 aromatic rings. The Labute approximate surface area is 123 Å². The van der Waals surface area contributed by atoms with Gasteiger partial charge in [0.1, 0.15) is 0 Å². The third-order valence-electron chi connectivity index (χ3n) is 3.91. The average Bonchev–Trinajstić information content (AvgIpc) is 2.69. The molecule has 0 bridgehead atoms. The SMILES string of the molecule is CCCN(Cc1cccc(N)c1)CC1CCC(C)(C)O1. The van der Waals surface area contributed by atoms with Crippen molar-refractivity contribution in [2.75, 3.05) is 18.8 Å². The molecular weight excluding hydrogens is 248 g/mol. The second kappa shape index (κ2) is 6.59. The molecule has 1 saturated heterocycles. The van der Waals surface area contributed by atoms with Crippen LogP contribution in [0.5, 0.6) is 0 Å². The number of nitrogen functional groups attached to an aromatic ring is 1. The van der Waals surface area contributed by atoms with Crippen LogP contribution in [0.2, 0.25) is 0 Å². The molecule has 3 heteroatoms. The van der Waals surface area contributed by atoms with Crippen LogP contribution in [0.3, 0.4) is 0 Å². The van der Waals surface area contributed by atoms with Gasteiger partial charge in [0, 0.05) is 18.8 Å². The van der Waals surface area contributed by atoms with Gasteiger partial charge in [0.2, 0.25) is 0 Å². The van der Waals surface area contributed by atoms with Crippen LogP contribution in [0.4, 0.5) is 5.69 Å². The van der Waals surface area contributed by atoms with Gasteiger partial charge >= 0.3 is 0 Å². The summed E-state index contributed by atoms with van der Waals surface area (Å²) >= 11 is 0. The summed E-state index contributed by atoms with van der Waals surface area (Å²) in [5.41, 5.74) is 8.05. The minimum absolute atomic E-state index is 0.0553. The molecular formula is C17H28N2O. The summed E-state index contributed by atoms with van der Waals surface area (Å²) < 4.78 is 6.12. The van der Waals surface area contributed by atoms with Crippen molar-refractivity contribution in [3.05, 3.63) is 29.8 Å². The smallest absolute Gasteiger partial charge is 0.0710 e. The lowest BCUT2D eigenvalue weighted by Crippen LogP contribution is -2.34. The molecule has 1 unspecified atom stereocenters. The Morgan fingerprint density at radius 2 is 2.20 bits per heavy atom. The van der Waals surface area contributed by atoms with E-state index in [1.165, 1.54) is 18.4 Å². The van der Waals surface area contributed by atoms with E-state index in [1.807, 2.05) is 12.1 Å². The van der Waals surface area contributed by atoms with Gasteiger partial charge in [-0.3, -0.25) is 4.90 Å². The molecule has 2 rings (SSSR count). The number of nitrogens with two attached hydrogens (primary N) is 1. The zero-order valence-corrected chi connectivity index (χ0v) is 13.1. The van der Waals surface area contributed by atoms with Crippen LogP contribution in [-0.4, -0.2) is 29.7 Å². The Morgan fingerprint density at radius 1 is 1.40 bits per heavy atom. The standard InChI is InChI=1S/C17H28N2O/c1-4-10-19(12-14-6-5-7-15(18)11-14)13-16-8-9-17(2,3)20-16/h5-7,11,16H,4,8-10,12-13,18H2,1-3H3. The highest BCUT2D eigenvalue weighted by molar-refractivity contribution is 5.40. The summed E-state index contributed by atoms with van der Waals surface area (Å²) in [6, 6.07) is 8.20. The normalized spacial score (nSPS) is 21.5. The Morgan fingerprint density at radius 3 is 2.80 bits per heavy atom. The van der Waals surface area contributed by atoms with Gasteiger partial charge in [-0.15, -0.1) is 0 Å². The van der Waals surface area contributed by atoms with E-state index in [4.69, 9.17) is 10.5 Å². The van der Waals surface area contributed by atoms with Gasteiger partial charge < -0.3 is 10.5 Å². The molecule has 0 aliphatic carbocycles. The molecule has 0 saturated carbocycles. The molecule has 20 heavy (non-hydrogen) atoms. The fraction of sp³-hybridized carbons (Fsp3) is 0.647. The van der Waals surface area contributed by atoms with Crippen LogP contribution in [0, 0.1) is 0 Å². The fourth-order valence-electron chi connectivity index (χ4n) is 2.99. The molecule has 1 aliphatic heterocycles. The maximum absolute atomic E-state index is 6.12. The Bertz CT molecular complexity index is 431. The third kappa shape index (κ3) is 4.50. The summed E-state index contributed by atoms with van der Waals surface area (Å²) in [6.07, 6.45) is 3.87. The number of nitrogens with zero attached hydrogens (tertiary/aromatic N) is 1. The molecule has 1 aliphatic rings. The molecule has 2 N–H and O–H groups in total. The van der Waals surface area contributed by atoms with E-state index in [9.17, 15) is 0 Å². The number of rotatable bonds is 6. The van der Waals surface area contributed by atoms with Crippen molar-refractivity contribution in [2.24, 2.45) is 0 Å². The summed E-state index contributed by atoms with van der Waals surface area (Å²) in [4.78, 5) is 2.49. The topological polar surface area (TPSA) is 38.5 Å². The maximum atomic E-state index is 6.12. The second-order valence-electron chi connectivity index (χ2n) is 6.52. The van der Waals surface area contributed by atoms with Gasteiger partial charge in [-0.25, -0.2) is 0 Å². The van der Waals surface area contributed by atoms with E-state index in [1.54, 1.807) is 0 Å². The molecule has 0 spiro atoms. The summed E-state index contributed by atoms with van der Waals surface area (Å²) in [5.74, 6) is 0. The Hall–Kier alpha value is -1.06. The highest BCUT2D eigenvalue weighted by atomic mass is 16.5. The van der Waals surface area contributed by atoms with Crippen molar-refractivity contribution in [1.82, 2.24) is 4.90 Å². The third-order valence-corrected chi connectivity index (χ3v) is 3.91. The predicted octanol–water partition coefficient (Wildman–Crippen LogP) is 3.44. The minimum atomic E-state index is 0.0553. The van der Waals surface area contributed by atoms with Gasteiger partial charge in [-0.2, -0.15) is 0 Å². The van der Waals surface area contributed by atoms with Gasteiger partial charge in [-0.1, -0.05) is 19.1 Å². The summed E-state index contributed by atoms with van der Waals surface area (Å²) in [5, 5.41) is 0. The minimum Gasteiger partial charge on any atom is -0.399 e. The molecule has 3 nitrogen and oxygen atoms in total. The second-order valence-corrected chi connectivity index (χ2v) is 6.52. The number of hydrogen-bond acceptors (Lipinski definition) is 3. The summed E-state index contributed by atoms with van der Waals surface area (Å²) in [7, 11) is 0. The molecule has 112 valence electrons. The van der Waals surface area contributed by atoms with E-state index in [0.29, 0.717) is 6.10 Å². The first kappa shape index (κ1) is 15.3. The van der Waals surface area contributed by atoms with Gasteiger partial charge in [0.15, 0.2) is 0 Å².